The lowest BCUT2D eigenvalue weighted by Gasteiger charge is -2.12. The van der Waals surface area contributed by atoms with Crippen LogP contribution in [0.2, 0.25) is 0 Å². The topological polar surface area (TPSA) is 90.1 Å². The highest BCUT2D eigenvalue weighted by Crippen LogP contribution is 2.24. The van der Waals surface area contributed by atoms with E-state index in [9.17, 15) is 4.39 Å². The quantitative estimate of drug-likeness (QED) is 0.434. The number of aromatic amines is 1. The number of halogens is 1. The van der Waals surface area contributed by atoms with Gasteiger partial charge in [-0.25, -0.2) is 14.1 Å². The summed E-state index contributed by atoms with van der Waals surface area (Å²) in [4.78, 5) is 4.81. The van der Waals surface area contributed by atoms with Crippen LogP contribution in [0.1, 0.15) is 63.2 Å². The first-order valence-electron chi connectivity index (χ1n) is 10.7. The van der Waals surface area contributed by atoms with Crippen molar-refractivity contribution in [3.8, 4) is 17.2 Å². The summed E-state index contributed by atoms with van der Waals surface area (Å²) < 4.78 is 18.0. The summed E-state index contributed by atoms with van der Waals surface area (Å²) in [5.74, 6) is 2.12. The Morgan fingerprint density at radius 1 is 1.13 bits per heavy atom. The van der Waals surface area contributed by atoms with E-state index in [2.05, 4.69) is 41.4 Å². The molecule has 0 saturated heterocycles. The van der Waals surface area contributed by atoms with Crippen LogP contribution >= 0.6 is 0 Å². The molecule has 0 bridgehead atoms. The Kier molecular flexibility index (Phi) is 6.20. The van der Waals surface area contributed by atoms with Gasteiger partial charge in [0.25, 0.3) is 0 Å². The van der Waals surface area contributed by atoms with Crippen molar-refractivity contribution in [1.82, 2.24) is 40.0 Å². The largest absolute Gasteiger partial charge is 0.311 e. The molecule has 8 nitrogen and oxygen atoms in total. The molecule has 0 spiro atoms. The molecule has 4 rings (SSSR count). The van der Waals surface area contributed by atoms with Crippen LogP contribution in [0.5, 0.6) is 0 Å². The van der Waals surface area contributed by atoms with E-state index in [0.717, 1.165) is 48.6 Å². The highest BCUT2D eigenvalue weighted by molar-refractivity contribution is 5.55. The van der Waals surface area contributed by atoms with Crippen molar-refractivity contribution in [2.24, 2.45) is 0 Å². The van der Waals surface area contributed by atoms with Crippen molar-refractivity contribution in [1.29, 1.82) is 0 Å². The molecule has 3 heterocycles. The fraction of sp³-hybridized carbons (Fsp3) is 0.409. The van der Waals surface area contributed by atoms with E-state index in [1.54, 1.807) is 10.8 Å². The Labute approximate surface area is 180 Å². The molecule has 3 aromatic heterocycles. The third kappa shape index (κ3) is 4.40. The summed E-state index contributed by atoms with van der Waals surface area (Å²) in [6.07, 6.45) is 5.80. The minimum absolute atomic E-state index is 0.215. The van der Waals surface area contributed by atoms with E-state index >= 15 is 0 Å². The zero-order chi connectivity index (χ0) is 21.8. The monoisotopic (exact) mass is 422 g/mol. The van der Waals surface area contributed by atoms with E-state index in [1.165, 1.54) is 6.07 Å². The number of benzene rings is 1. The number of aromatic nitrogens is 8. The summed E-state index contributed by atoms with van der Waals surface area (Å²) in [5.41, 5.74) is 2.20. The van der Waals surface area contributed by atoms with Crippen LogP contribution in [-0.4, -0.2) is 40.0 Å². The number of rotatable bonds is 9. The Hall–Kier alpha value is -3.36. The molecule has 31 heavy (non-hydrogen) atoms. The summed E-state index contributed by atoms with van der Waals surface area (Å²) in [6, 6.07) is 9.36. The first-order chi connectivity index (χ1) is 15.1. The SMILES string of the molecule is CCCCc1nc(C(C)CC)n(Cc2ccc(-n3ccc(F)c3-c3nn[nH]n3)cc2)n1. The number of H-pyrrole nitrogens is 1. The van der Waals surface area contributed by atoms with Crippen molar-refractivity contribution in [2.75, 3.05) is 0 Å². The van der Waals surface area contributed by atoms with Gasteiger partial charge in [0, 0.05) is 24.2 Å². The molecule has 0 amide bonds. The molecule has 0 radical (unpaired) electrons. The van der Waals surface area contributed by atoms with Crippen molar-refractivity contribution < 1.29 is 4.39 Å². The molecule has 0 fully saturated rings. The minimum atomic E-state index is -0.397. The molecular weight excluding hydrogens is 395 g/mol. The highest BCUT2D eigenvalue weighted by Gasteiger charge is 2.18. The smallest absolute Gasteiger partial charge is 0.224 e. The number of nitrogens with zero attached hydrogens (tertiary/aromatic N) is 7. The summed E-state index contributed by atoms with van der Waals surface area (Å²) >= 11 is 0. The van der Waals surface area contributed by atoms with Crippen LogP contribution in [0, 0.1) is 5.82 Å². The van der Waals surface area contributed by atoms with Gasteiger partial charge in [0.15, 0.2) is 11.6 Å². The van der Waals surface area contributed by atoms with Crippen LogP contribution in [-0.2, 0) is 13.0 Å². The maximum Gasteiger partial charge on any atom is 0.224 e. The van der Waals surface area contributed by atoms with E-state index in [4.69, 9.17) is 10.1 Å². The molecule has 1 N–H and O–H groups in total. The van der Waals surface area contributed by atoms with Crippen molar-refractivity contribution in [3.05, 3.63) is 59.6 Å². The molecule has 0 saturated carbocycles. The summed E-state index contributed by atoms with van der Waals surface area (Å²) in [7, 11) is 0. The van der Waals surface area contributed by atoms with Gasteiger partial charge in [-0.15, -0.1) is 10.2 Å². The van der Waals surface area contributed by atoms with E-state index in [1.807, 2.05) is 28.9 Å². The Bertz CT molecular complexity index is 1110. The lowest BCUT2D eigenvalue weighted by Crippen LogP contribution is -2.09. The maximum absolute atomic E-state index is 14.3. The molecule has 0 aliphatic rings. The van der Waals surface area contributed by atoms with E-state index in [-0.39, 0.29) is 11.5 Å². The second-order valence-corrected chi connectivity index (χ2v) is 7.74. The van der Waals surface area contributed by atoms with Gasteiger partial charge in [0.05, 0.1) is 6.54 Å². The fourth-order valence-corrected chi connectivity index (χ4v) is 3.54. The lowest BCUT2D eigenvalue weighted by molar-refractivity contribution is 0.574. The molecule has 162 valence electrons. The van der Waals surface area contributed by atoms with Crippen molar-refractivity contribution in [3.63, 3.8) is 0 Å². The van der Waals surface area contributed by atoms with Crippen LogP contribution in [0.4, 0.5) is 4.39 Å². The molecule has 1 aromatic carbocycles. The Morgan fingerprint density at radius 2 is 1.94 bits per heavy atom. The minimum Gasteiger partial charge on any atom is -0.311 e. The summed E-state index contributed by atoms with van der Waals surface area (Å²) in [5, 5.41) is 18.5. The Balaban J connectivity index is 1.58. The molecule has 4 aromatic rings. The number of unbranched alkanes of at least 4 members (excludes halogenated alkanes) is 1. The first-order valence-corrected chi connectivity index (χ1v) is 10.7. The molecule has 1 atom stereocenters. The zero-order valence-corrected chi connectivity index (χ0v) is 18.1. The van der Waals surface area contributed by atoms with E-state index < -0.39 is 5.82 Å². The average Bonchev–Trinajstić information content (AvgIpc) is 3.52. The second kappa shape index (κ2) is 9.20. The number of nitrogens with one attached hydrogen (secondary N) is 1. The highest BCUT2D eigenvalue weighted by atomic mass is 19.1. The predicted octanol–water partition coefficient (Wildman–Crippen LogP) is 4.29. The molecule has 0 aliphatic carbocycles. The van der Waals surface area contributed by atoms with Gasteiger partial charge in [-0.2, -0.15) is 10.3 Å². The number of tetrazole rings is 1. The lowest BCUT2D eigenvalue weighted by atomic mass is 10.1. The second-order valence-electron chi connectivity index (χ2n) is 7.74. The molecule has 9 heteroatoms. The van der Waals surface area contributed by atoms with Crippen LogP contribution in [0.15, 0.2) is 36.5 Å². The fourth-order valence-electron chi connectivity index (χ4n) is 3.54. The van der Waals surface area contributed by atoms with Crippen molar-refractivity contribution >= 4 is 0 Å². The van der Waals surface area contributed by atoms with Crippen LogP contribution in [0.3, 0.4) is 0 Å². The molecular formula is C22H27FN8. The van der Waals surface area contributed by atoms with Gasteiger partial charge in [-0.3, -0.25) is 0 Å². The van der Waals surface area contributed by atoms with Gasteiger partial charge in [0.1, 0.15) is 11.5 Å². The van der Waals surface area contributed by atoms with Gasteiger partial charge < -0.3 is 4.57 Å². The third-order valence-electron chi connectivity index (χ3n) is 5.49. The van der Waals surface area contributed by atoms with Gasteiger partial charge in [-0.1, -0.05) is 39.3 Å². The zero-order valence-electron chi connectivity index (χ0n) is 18.1. The van der Waals surface area contributed by atoms with E-state index in [0.29, 0.717) is 12.5 Å². The average molecular weight is 423 g/mol. The van der Waals surface area contributed by atoms with Gasteiger partial charge in [-0.05, 0) is 41.8 Å². The van der Waals surface area contributed by atoms with Gasteiger partial charge >= 0.3 is 0 Å². The normalized spacial score (nSPS) is 12.4. The predicted molar refractivity (Wildman–Crippen MR) is 115 cm³/mol. The van der Waals surface area contributed by atoms with Gasteiger partial charge in [0.2, 0.25) is 5.82 Å². The first kappa shape index (κ1) is 20.9. The maximum atomic E-state index is 14.3. The molecule has 0 aliphatic heterocycles. The number of hydrogen-bond donors (Lipinski definition) is 1. The number of hydrogen-bond acceptors (Lipinski definition) is 5. The van der Waals surface area contributed by atoms with Crippen molar-refractivity contribution in [2.45, 2.75) is 58.9 Å². The summed E-state index contributed by atoms with van der Waals surface area (Å²) in [6.45, 7) is 7.18. The standard InChI is InChI=1S/C22H27FN8/c1-4-6-7-19-24-22(15(3)5-2)31(27-19)14-16-8-10-17(11-9-16)30-13-12-18(23)20(30)21-25-28-29-26-21/h8-13,15H,4-7,14H2,1-3H3,(H,25,26,28,29). The van der Waals surface area contributed by atoms with Crippen LogP contribution < -0.4 is 0 Å². The third-order valence-corrected chi connectivity index (χ3v) is 5.49. The van der Waals surface area contributed by atoms with Crippen LogP contribution in [0.25, 0.3) is 17.2 Å². The number of aryl methyl sites for hydroxylation is 1. The molecule has 1 unspecified atom stereocenters. The Morgan fingerprint density at radius 3 is 2.61 bits per heavy atom.